The molecule has 0 aromatic heterocycles. The maximum Gasteiger partial charge on any atom is 0.302 e. The van der Waals surface area contributed by atoms with Gasteiger partial charge in [0, 0.05) is 18.4 Å². The number of carbonyl (C=O) groups is 3. The average Bonchev–Trinajstić information content (AvgIpc) is 2.63. The highest BCUT2D eigenvalue weighted by Gasteiger charge is 2.26. The molecule has 17 heavy (non-hydrogen) atoms. The Bertz CT molecular complexity index is 309. The summed E-state index contributed by atoms with van der Waals surface area (Å²) in [5, 5.41) is 2.74. The molecule has 0 spiro atoms. The lowest BCUT2D eigenvalue weighted by Gasteiger charge is -2.09. The van der Waals surface area contributed by atoms with Crippen molar-refractivity contribution in [2.75, 3.05) is 23.9 Å². The summed E-state index contributed by atoms with van der Waals surface area (Å²) in [6.07, 6.45) is 0.716. The molecule has 1 atom stereocenters. The highest BCUT2D eigenvalue weighted by atomic mass is 32.2. The van der Waals surface area contributed by atoms with E-state index in [0.717, 1.165) is 5.75 Å². The lowest BCUT2D eigenvalue weighted by molar-refractivity contribution is -0.140. The van der Waals surface area contributed by atoms with Crippen molar-refractivity contribution in [3.8, 4) is 0 Å². The summed E-state index contributed by atoms with van der Waals surface area (Å²) in [5.41, 5.74) is 0. The van der Waals surface area contributed by atoms with Crippen LogP contribution < -0.4 is 5.32 Å². The van der Waals surface area contributed by atoms with Gasteiger partial charge >= 0.3 is 5.97 Å². The van der Waals surface area contributed by atoms with Crippen molar-refractivity contribution in [3.05, 3.63) is 0 Å². The summed E-state index contributed by atoms with van der Waals surface area (Å²) in [4.78, 5) is 33.1. The van der Waals surface area contributed by atoms with E-state index < -0.39 is 0 Å². The monoisotopic (exact) mass is 277 g/mol. The molecule has 1 saturated heterocycles. The van der Waals surface area contributed by atoms with Crippen LogP contribution in [0.4, 0.5) is 0 Å². The molecule has 1 amide bonds. The third-order valence-corrected chi connectivity index (χ3v) is 3.97. The van der Waals surface area contributed by atoms with Gasteiger partial charge in [0.2, 0.25) is 11.0 Å². The van der Waals surface area contributed by atoms with Crippen molar-refractivity contribution in [2.24, 2.45) is 0 Å². The van der Waals surface area contributed by atoms with Crippen LogP contribution in [0.25, 0.3) is 0 Å². The highest BCUT2D eigenvalue weighted by Crippen LogP contribution is 2.19. The van der Waals surface area contributed by atoms with E-state index in [2.05, 4.69) is 5.32 Å². The molecule has 0 aromatic rings. The summed E-state index contributed by atoms with van der Waals surface area (Å²) in [7, 11) is 0. The largest absolute Gasteiger partial charge is 0.465 e. The Morgan fingerprint density at radius 2 is 2.35 bits per heavy atom. The molecule has 96 valence electrons. The van der Waals surface area contributed by atoms with Gasteiger partial charge in [0.25, 0.3) is 0 Å². The quantitative estimate of drug-likeness (QED) is 0.561. The zero-order valence-electron chi connectivity index (χ0n) is 9.56. The summed E-state index contributed by atoms with van der Waals surface area (Å²) < 4.78 is 4.73. The number of nitrogens with one attached hydrogen (secondary N) is 1. The van der Waals surface area contributed by atoms with Crippen LogP contribution in [0.1, 0.15) is 13.3 Å². The summed E-state index contributed by atoms with van der Waals surface area (Å²) in [6.45, 7) is 1.66. The Kier molecular flexibility index (Phi) is 6.43. The van der Waals surface area contributed by atoms with Gasteiger partial charge in [0.05, 0.1) is 11.8 Å². The van der Waals surface area contributed by atoms with E-state index in [0.29, 0.717) is 18.8 Å². The Hall–Kier alpha value is -0.690. The van der Waals surface area contributed by atoms with E-state index in [1.807, 2.05) is 0 Å². The molecule has 1 rings (SSSR count). The van der Waals surface area contributed by atoms with Crippen molar-refractivity contribution in [3.63, 3.8) is 0 Å². The normalized spacial score (nSPS) is 19.1. The van der Waals surface area contributed by atoms with Crippen LogP contribution >= 0.6 is 23.5 Å². The van der Waals surface area contributed by atoms with Crippen LogP contribution in [0.15, 0.2) is 0 Å². The minimum absolute atomic E-state index is 0.0447. The van der Waals surface area contributed by atoms with E-state index >= 15 is 0 Å². The van der Waals surface area contributed by atoms with Gasteiger partial charge in [-0.15, -0.1) is 11.8 Å². The summed E-state index contributed by atoms with van der Waals surface area (Å²) >= 11 is 2.65. The molecule has 1 aliphatic heterocycles. The minimum atomic E-state index is -0.318. The number of carbonyl (C=O) groups excluding carboxylic acids is 3. The highest BCUT2D eigenvalue weighted by molar-refractivity contribution is 8.14. The molecule has 0 bridgehead atoms. The van der Waals surface area contributed by atoms with Gasteiger partial charge < -0.3 is 10.1 Å². The van der Waals surface area contributed by atoms with E-state index in [1.165, 1.54) is 30.4 Å². The van der Waals surface area contributed by atoms with Crippen molar-refractivity contribution in [2.45, 2.75) is 19.4 Å². The summed E-state index contributed by atoms with van der Waals surface area (Å²) in [6, 6.07) is -0.318. The van der Waals surface area contributed by atoms with Gasteiger partial charge in [-0.2, -0.15) is 0 Å². The number of hydrogen-bond donors (Lipinski definition) is 1. The maximum atomic E-state index is 11.4. The predicted octanol–water partition coefficient (Wildman–Crippen LogP) is 0.431. The molecule has 7 heteroatoms. The molecule has 1 fully saturated rings. The number of thioether (sulfide) groups is 2. The number of rotatable bonds is 6. The molecule has 1 heterocycles. The average molecular weight is 277 g/mol. The third-order valence-electron chi connectivity index (χ3n) is 2.04. The Balaban J connectivity index is 2.05. The van der Waals surface area contributed by atoms with Gasteiger partial charge in [0.1, 0.15) is 6.61 Å². The first-order chi connectivity index (χ1) is 8.09. The van der Waals surface area contributed by atoms with Crippen molar-refractivity contribution < 1.29 is 19.1 Å². The number of ether oxygens (including phenoxy) is 1. The topological polar surface area (TPSA) is 72.5 Å². The lowest BCUT2D eigenvalue weighted by atomic mass is 10.2. The number of amides is 1. The molecule has 1 aliphatic rings. The lowest BCUT2D eigenvalue weighted by Crippen LogP contribution is -2.38. The molecule has 0 aliphatic carbocycles. The fourth-order valence-corrected chi connectivity index (χ4v) is 2.82. The molecule has 0 saturated carbocycles. The molecule has 0 aromatic carbocycles. The van der Waals surface area contributed by atoms with Crippen molar-refractivity contribution in [1.29, 1.82) is 0 Å². The number of esters is 1. The van der Waals surface area contributed by atoms with Crippen LogP contribution in [0.2, 0.25) is 0 Å². The maximum absolute atomic E-state index is 11.4. The standard InChI is InChI=1S/C10H15NO4S2/c1-7(12)15-3-5-16-6-9(13)11-8-2-4-17-10(8)14/h8H,2-6H2,1H3,(H,11,13). The van der Waals surface area contributed by atoms with Crippen LogP contribution in [-0.4, -0.2) is 46.9 Å². The first-order valence-electron chi connectivity index (χ1n) is 5.26. The zero-order chi connectivity index (χ0) is 12.7. The minimum Gasteiger partial charge on any atom is -0.465 e. The van der Waals surface area contributed by atoms with Gasteiger partial charge in [-0.05, 0) is 6.42 Å². The molecule has 1 N–H and O–H groups in total. The summed E-state index contributed by atoms with van der Waals surface area (Å²) in [5.74, 6) is 1.20. The van der Waals surface area contributed by atoms with Gasteiger partial charge in [-0.1, -0.05) is 11.8 Å². The fraction of sp³-hybridized carbons (Fsp3) is 0.700. The molecule has 1 unspecified atom stereocenters. The Morgan fingerprint density at radius 1 is 1.59 bits per heavy atom. The molecule has 5 nitrogen and oxygen atoms in total. The first-order valence-corrected chi connectivity index (χ1v) is 7.40. The first kappa shape index (κ1) is 14.4. The van der Waals surface area contributed by atoms with Gasteiger partial charge in [-0.3, -0.25) is 14.4 Å². The smallest absolute Gasteiger partial charge is 0.302 e. The second-order valence-electron chi connectivity index (χ2n) is 3.47. The zero-order valence-corrected chi connectivity index (χ0v) is 11.2. The van der Waals surface area contributed by atoms with E-state index in [9.17, 15) is 14.4 Å². The number of hydrogen-bond acceptors (Lipinski definition) is 6. The van der Waals surface area contributed by atoms with E-state index in [-0.39, 0.29) is 28.8 Å². The van der Waals surface area contributed by atoms with Crippen molar-refractivity contribution >= 4 is 40.5 Å². The van der Waals surface area contributed by atoms with Crippen LogP contribution in [0.5, 0.6) is 0 Å². The van der Waals surface area contributed by atoms with Crippen LogP contribution in [0.3, 0.4) is 0 Å². The Labute approximate surface area is 108 Å². The Morgan fingerprint density at radius 3 is 2.94 bits per heavy atom. The molecule has 0 radical (unpaired) electrons. The van der Waals surface area contributed by atoms with Crippen LogP contribution in [-0.2, 0) is 19.1 Å². The third kappa shape index (κ3) is 5.97. The molecular formula is C10H15NO4S2. The van der Waals surface area contributed by atoms with Crippen LogP contribution in [0, 0.1) is 0 Å². The fourth-order valence-electron chi connectivity index (χ4n) is 1.27. The second-order valence-corrected chi connectivity index (χ2v) is 5.67. The predicted molar refractivity (Wildman–Crippen MR) is 68.0 cm³/mol. The van der Waals surface area contributed by atoms with Gasteiger partial charge in [0.15, 0.2) is 0 Å². The van der Waals surface area contributed by atoms with E-state index in [1.54, 1.807) is 0 Å². The second kappa shape index (κ2) is 7.60. The van der Waals surface area contributed by atoms with E-state index in [4.69, 9.17) is 4.74 Å². The van der Waals surface area contributed by atoms with Gasteiger partial charge in [-0.25, -0.2) is 0 Å². The SMILES string of the molecule is CC(=O)OCCSCC(=O)NC1CCSC1=O. The van der Waals surface area contributed by atoms with Crippen molar-refractivity contribution in [1.82, 2.24) is 5.32 Å². The molecular weight excluding hydrogens is 262 g/mol.